The maximum Gasteiger partial charge on any atom is 0.139 e. The van der Waals surface area contributed by atoms with Gasteiger partial charge in [0.25, 0.3) is 0 Å². The number of carbonyl (C=O) groups is 1. The molecule has 1 heterocycles. The van der Waals surface area contributed by atoms with E-state index in [-0.39, 0.29) is 12.1 Å². The molecule has 52 valence electrons. The third kappa shape index (κ3) is 1.28. The number of hydrogen-bond acceptors (Lipinski definition) is 3. The van der Waals surface area contributed by atoms with Gasteiger partial charge >= 0.3 is 0 Å². The van der Waals surface area contributed by atoms with Crippen LogP contribution in [-0.2, 0) is 4.79 Å². The Morgan fingerprint density at radius 1 is 1.78 bits per heavy atom. The van der Waals surface area contributed by atoms with Gasteiger partial charge in [0.1, 0.15) is 6.29 Å². The summed E-state index contributed by atoms with van der Waals surface area (Å²) in [6.45, 7) is 1.95. The van der Waals surface area contributed by atoms with Crippen molar-refractivity contribution in [2.45, 2.75) is 31.5 Å². The first-order valence-electron chi connectivity index (χ1n) is 3.13. The molecule has 0 spiro atoms. The summed E-state index contributed by atoms with van der Waals surface area (Å²) in [5, 5.41) is 12.0. The van der Waals surface area contributed by atoms with Gasteiger partial charge in [-0.05, 0) is 13.3 Å². The predicted octanol–water partition coefficient (Wildman–Crippen LogP) is -0.703. The van der Waals surface area contributed by atoms with E-state index < -0.39 is 6.10 Å². The number of rotatable bonds is 1. The molecule has 1 aliphatic rings. The van der Waals surface area contributed by atoms with Gasteiger partial charge < -0.3 is 15.2 Å². The van der Waals surface area contributed by atoms with Crippen molar-refractivity contribution >= 4 is 6.29 Å². The van der Waals surface area contributed by atoms with E-state index in [1.54, 1.807) is 0 Å². The van der Waals surface area contributed by atoms with Crippen molar-refractivity contribution in [2.24, 2.45) is 0 Å². The predicted molar refractivity (Wildman–Crippen MR) is 33.1 cm³/mol. The van der Waals surface area contributed by atoms with Crippen molar-refractivity contribution in [1.29, 1.82) is 0 Å². The molecule has 2 N–H and O–H groups in total. The second-order valence-electron chi connectivity index (χ2n) is 2.53. The topological polar surface area (TPSA) is 49.3 Å². The minimum absolute atomic E-state index is 0.273. The number of aliphatic hydroxyl groups is 1. The smallest absolute Gasteiger partial charge is 0.139 e. The zero-order valence-electron chi connectivity index (χ0n) is 5.37. The lowest BCUT2D eigenvalue weighted by atomic mass is 10.2. The number of aliphatic hydroxyl groups excluding tert-OH is 1. The monoisotopic (exact) mass is 129 g/mol. The van der Waals surface area contributed by atoms with Gasteiger partial charge in [0.05, 0.1) is 12.1 Å². The zero-order valence-corrected chi connectivity index (χ0v) is 5.37. The van der Waals surface area contributed by atoms with Crippen LogP contribution in [-0.4, -0.2) is 29.6 Å². The number of hydrogen-bond donors (Lipinski definition) is 2. The quantitative estimate of drug-likeness (QED) is 0.460. The van der Waals surface area contributed by atoms with Crippen molar-refractivity contribution in [3.05, 3.63) is 0 Å². The largest absolute Gasteiger partial charge is 0.391 e. The normalized spacial score (nSPS) is 43.1. The molecule has 3 atom stereocenters. The lowest BCUT2D eigenvalue weighted by Gasteiger charge is -2.04. The fourth-order valence-corrected chi connectivity index (χ4v) is 1.15. The van der Waals surface area contributed by atoms with Gasteiger partial charge in [0.15, 0.2) is 0 Å². The standard InChI is InChI=1S/C6H11NO2/c1-4-2-6(9)5(3-8)7-4/h3-7,9H,2H2,1H3. The molecule has 0 bridgehead atoms. The van der Waals surface area contributed by atoms with Crippen molar-refractivity contribution in [1.82, 2.24) is 5.32 Å². The van der Waals surface area contributed by atoms with Gasteiger partial charge in [-0.25, -0.2) is 0 Å². The summed E-state index contributed by atoms with van der Waals surface area (Å²) in [7, 11) is 0. The summed E-state index contributed by atoms with van der Waals surface area (Å²) in [4.78, 5) is 10.1. The van der Waals surface area contributed by atoms with Crippen LogP contribution >= 0.6 is 0 Å². The molecule has 0 radical (unpaired) electrons. The summed E-state index contributed by atoms with van der Waals surface area (Å²) in [6, 6.07) is -0.0600. The third-order valence-corrected chi connectivity index (χ3v) is 1.63. The van der Waals surface area contributed by atoms with Gasteiger partial charge in [0, 0.05) is 6.04 Å². The second kappa shape index (κ2) is 2.45. The summed E-state index contributed by atoms with van der Waals surface area (Å²) >= 11 is 0. The molecular formula is C6H11NO2. The molecule has 0 aromatic carbocycles. The maximum atomic E-state index is 10.1. The molecule has 9 heavy (non-hydrogen) atoms. The van der Waals surface area contributed by atoms with E-state index in [9.17, 15) is 4.79 Å². The Hall–Kier alpha value is -0.410. The van der Waals surface area contributed by atoms with Crippen molar-refractivity contribution < 1.29 is 9.90 Å². The summed E-state index contributed by atoms with van der Waals surface area (Å²) in [5.74, 6) is 0. The molecule has 0 amide bonds. The molecule has 1 fully saturated rings. The van der Waals surface area contributed by atoms with Crippen LogP contribution in [0.3, 0.4) is 0 Å². The Kier molecular flexibility index (Phi) is 1.83. The number of carbonyl (C=O) groups excluding carboxylic acids is 1. The van der Waals surface area contributed by atoms with E-state index in [1.165, 1.54) is 0 Å². The lowest BCUT2D eigenvalue weighted by Crippen LogP contribution is -2.33. The minimum Gasteiger partial charge on any atom is -0.391 e. The Balaban J connectivity index is 2.47. The van der Waals surface area contributed by atoms with Crippen molar-refractivity contribution in [3.63, 3.8) is 0 Å². The first-order valence-corrected chi connectivity index (χ1v) is 3.13. The summed E-state index contributed by atoms with van der Waals surface area (Å²) in [6.07, 6.45) is 0.967. The molecule has 0 aliphatic carbocycles. The van der Waals surface area contributed by atoms with E-state index in [1.807, 2.05) is 6.92 Å². The number of nitrogens with one attached hydrogen (secondary N) is 1. The van der Waals surface area contributed by atoms with E-state index in [0.717, 1.165) is 6.29 Å². The molecule has 0 aromatic rings. The van der Waals surface area contributed by atoms with Crippen LogP contribution < -0.4 is 5.32 Å². The molecule has 1 rings (SSSR count). The summed E-state index contributed by atoms with van der Waals surface area (Å²) in [5.41, 5.74) is 0. The van der Waals surface area contributed by atoms with Gasteiger partial charge in [-0.3, -0.25) is 0 Å². The van der Waals surface area contributed by atoms with Gasteiger partial charge in [0.2, 0.25) is 0 Å². The molecule has 3 nitrogen and oxygen atoms in total. The van der Waals surface area contributed by atoms with Crippen LogP contribution in [0, 0.1) is 0 Å². The molecule has 3 heteroatoms. The van der Waals surface area contributed by atoms with E-state index in [2.05, 4.69) is 5.32 Å². The summed E-state index contributed by atoms with van der Waals surface area (Å²) < 4.78 is 0. The lowest BCUT2D eigenvalue weighted by molar-refractivity contribution is -0.111. The van der Waals surface area contributed by atoms with Crippen molar-refractivity contribution in [3.8, 4) is 0 Å². The van der Waals surface area contributed by atoms with E-state index >= 15 is 0 Å². The maximum absolute atomic E-state index is 10.1. The van der Waals surface area contributed by atoms with Gasteiger partial charge in [-0.2, -0.15) is 0 Å². The first-order chi connectivity index (χ1) is 4.24. The number of aldehydes is 1. The van der Waals surface area contributed by atoms with Gasteiger partial charge in [-0.15, -0.1) is 0 Å². The first kappa shape index (κ1) is 6.71. The molecule has 3 unspecified atom stereocenters. The highest BCUT2D eigenvalue weighted by Gasteiger charge is 2.28. The Morgan fingerprint density at radius 3 is 2.67 bits per heavy atom. The molecule has 1 saturated heterocycles. The van der Waals surface area contributed by atoms with Crippen LogP contribution in [0.1, 0.15) is 13.3 Å². The highest BCUT2D eigenvalue weighted by molar-refractivity contribution is 5.59. The van der Waals surface area contributed by atoms with Crippen LogP contribution in [0.2, 0.25) is 0 Å². The molecule has 0 saturated carbocycles. The molecule has 0 aromatic heterocycles. The average Bonchev–Trinajstić information content (AvgIpc) is 2.10. The highest BCUT2D eigenvalue weighted by Crippen LogP contribution is 2.10. The van der Waals surface area contributed by atoms with Crippen molar-refractivity contribution in [2.75, 3.05) is 0 Å². The van der Waals surface area contributed by atoms with Crippen LogP contribution in [0.5, 0.6) is 0 Å². The zero-order chi connectivity index (χ0) is 6.85. The Bertz CT molecular complexity index is 116. The van der Waals surface area contributed by atoms with Crippen LogP contribution in [0.25, 0.3) is 0 Å². The van der Waals surface area contributed by atoms with Crippen LogP contribution in [0.15, 0.2) is 0 Å². The third-order valence-electron chi connectivity index (χ3n) is 1.63. The fraction of sp³-hybridized carbons (Fsp3) is 0.833. The highest BCUT2D eigenvalue weighted by atomic mass is 16.3. The average molecular weight is 129 g/mol. The second-order valence-corrected chi connectivity index (χ2v) is 2.53. The SMILES string of the molecule is CC1CC(O)C(C=O)N1. The fourth-order valence-electron chi connectivity index (χ4n) is 1.15. The Labute approximate surface area is 54.1 Å². The minimum atomic E-state index is -0.475. The molecule has 1 aliphatic heterocycles. The van der Waals surface area contributed by atoms with Crippen LogP contribution in [0.4, 0.5) is 0 Å². The van der Waals surface area contributed by atoms with Gasteiger partial charge in [-0.1, -0.05) is 0 Å². The van der Waals surface area contributed by atoms with E-state index in [0.29, 0.717) is 6.42 Å². The Morgan fingerprint density at radius 2 is 2.44 bits per heavy atom. The van der Waals surface area contributed by atoms with E-state index in [4.69, 9.17) is 5.11 Å². The molecular weight excluding hydrogens is 118 g/mol.